The lowest BCUT2D eigenvalue weighted by molar-refractivity contribution is 0.186. The second-order valence-electron chi connectivity index (χ2n) is 7.65. The fourth-order valence-electron chi connectivity index (χ4n) is 3.32. The van der Waals surface area contributed by atoms with Crippen molar-refractivity contribution in [3.63, 3.8) is 0 Å². The van der Waals surface area contributed by atoms with E-state index in [0.717, 1.165) is 18.4 Å². The van der Waals surface area contributed by atoms with Gasteiger partial charge in [-0.3, -0.25) is 4.90 Å². The van der Waals surface area contributed by atoms with Crippen LogP contribution in [0.2, 0.25) is 0 Å². The van der Waals surface area contributed by atoms with Gasteiger partial charge in [0.2, 0.25) is 0 Å². The van der Waals surface area contributed by atoms with E-state index in [1.807, 2.05) is 0 Å². The normalized spacial score (nSPS) is 17.6. The lowest BCUT2D eigenvalue weighted by atomic mass is 9.90. The molecule has 1 aliphatic rings. The molecule has 0 amide bonds. The zero-order valence-corrected chi connectivity index (χ0v) is 15.0. The molecule has 0 aliphatic carbocycles. The van der Waals surface area contributed by atoms with E-state index < -0.39 is 0 Å². The molecular formula is C19H38N2. The summed E-state index contributed by atoms with van der Waals surface area (Å²) >= 11 is 0. The monoisotopic (exact) mass is 294 g/mol. The van der Waals surface area contributed by atoms with E-state index in [2.05, 4.69) is 44.5 Å². The van der Waals surface area contributed by atoms with E-state index in [9.17, 15) is 0 Å². The van der Waals surface area contributed by atoms with Crippen molar-refractivity contribution in [3.8, 4) is 0 Å². The first-order valence-corrected chi connectivity index (χ1v) is 9.14. The third kappa shape index (κ3) is 9.18. The van der Waals surface area contributed by atoms with Crippen molar-refractivity contribution >= 4 is 0 Å². The number of hydrogen-bond donors (Lipinski definition) is 1. The van der Waals surface area contributed by atoms with E-state index in [1.54, 1.807) is 0 Å². The molecule has 0 atom stereocenters. The Bertz CT molecular complexity index is 275. The summed E-state index contributed by atoms with van der Waals surface area (Å²) in [5.74, 6) is 1.85. The minimum absolute atomic E-state index is 0.501. The van der Waals surface area contributed by atoms with Gasteiger partial charge in [-0.05, 0) is 51.6 Å². The van der Waals surface area contributed by atoms with Crippen LogP contribution in [-0.4, -0.2) is 30.6 Å². The Balaban J connectivity index is 2.05. The molecule has 2 heteroatoms. The van der Waals surface area contributed by atoms with Crippen LogP contribution in [-0.2, 0) is 0 Å². The van der Waals surface area contributed by atoms with Gasteiger partial charge >= 0.3 is 0 Å². The predicted molar refractivity (Wildman–Crippen MR) is 94.5 cm³/mol. The Morgan fingerprint density at radius 3 is 2.33 bits per heavy atom. The van der Waals surface area contributed by atoms with Crippen LogP contribution in [0.25, 0.3) is 0 Å². The van der Waals surface area contributed by atoms with Gasteiger partial charge in [0.1, 0.15) is 0 Å². The number of unbranched alkanes of at least 4 members (excludes halogenated alkanes) is 2. The lowest BCUT2D eigenvalue weighted by Crippen LogP contribution is -2.38. The van der Waals surface area contributed by atoms with Crippen molar-refractivity contribution in [1.82, 2.24) is 10.2 Å². The molecule has 0 aromatic rings. The molecule has 1 rings (SSSR count). The highest BCUT2D eigenvalue weighted by Gasteiger charge is 2.19. The molecule has 0 aromatic heterocycles. The summed E-state index contributed by atoms with van der Waals surface area (Å²) in [6.07, 6.45) is 9.95. The van der Waals surface area contributed by atoms with Gasteiger partial charge in [0, 0.05) is 18.3 Å². The number of hydrogen-bond acceptors (Lipinski definition) is 2. The molecule has 0 aromatic carbocycles. The summed E-state index contributed by atoms with van der Waals surface area (Å²) < 4.78 is 0. The summed E-state index contributed by atoms with van der Waals surface area (Å²) in [5, 5.41) is 3.42. The second kappa shape index (κ2) is 10.3. The van der Waals surface area contributed by atoms with Crippen LogP contribution >= 0.6 is 0 Å². The molecular weight excluding hydrogens is 256 g/mol. The molecule has 1 N–H and O–H groups in total. The van der Waals surface area contributed by atoms with Crippen LogP contribution in [0.3, 0.4) is 0 Å². The maximum Gasteiger partial charge on any atom is 0.0375 e. The smallest absolute Gasteiger partial charge is 0.0375 e. The first-order valence-electron chi connectivity index (χ1n) is 9.14. The van der Waals surface area contributed by atoms with Crippen molar-refractivity contribution in [1.29, 1.82) is 0 Å². The SMILES string of the molecule is C=C(CN1CCC(CCCCCC(C)C)CC1)NC(C)C. The van der Waals surface area contributed by atoms with Crippen LogP contribution in [0.15, 0.2) is 12.3 Å². The summed E-state index contributed by atoms with van der Waals surface area (Å²) in [6.45, 7) is 16.7. The average molecular weight is 295 g/mol. The zero-order valence-electron chi connectivity index (χ0n) is 15.0. The third-order valence-corrected chi connectivity index (χ3v) is 4.51. The predicted octanol–water partition coefficient (Wildman–Crippen LogP) is 4.82. The fourth-order valence-corrected chi connectivity index (χ4v) is 3.32. The van der Waals surface area contributed by atoms with Crippen LogP contribution in [0, 0.1) is 11.8 Å². The Morgan fingerprint density at radius 2 is 1.76 bits per heavy atom. The van der Waals surface area contributed by atoms with Crippen LogP contribution in [0.1, 0.15) is 72.6 Å². The Labute approximate surface area is 133 Å². The van der Waals surface area contributed by atoms with Gasteiger partial charge in [0.15, 0.2) is 0 Å². The molecule has 0 spiro atoms. The van der Waals surface area contributed by atoms with Crippen molar-refractivity contribution in [3.05, 3.63) is 12.3 Å². The van der Waals surface area contributed by atoms with Crippen LogP contribution < -0.4 is 5.32 Å². The summed E-state index contributed by atoms with van der Waals surface area (Å²) in [5.41, 5.74) is 1.18. The number of piperidine rings is 1. The number of nitrogens with zero attached hydrogens (tertiary/aromatic N) is 1. The molecule has 21 heavy (non-hydrogen) atoms. The highest BCUT2D eigenvalue weighted by molar-refractivity contribution is 4.96. The van der Waals surface area contributed by atoms with E-state index in [0.29, 0.717) is 6.04 Å². The van der Waals surface area contributed by atoms with Gasteiger partial charge < -0.3 is 5.32 Å². The fraction of sp³-hybridized carbons (Fsp3) is 0.895. The third-order valence-electron chi connectivity index (χ3n) is 4.51. The van der Waals surface area contributed by atoms with Crippen molar-refractivity contribution in [2.24, 2.45) is 11.8 Å². The molecule has 1 heterocycles. The number of likely N-dealkylation sites (tertiary alicyclic amines) is 1. The van der Waals surface area contributed by atoms with Crippen molar-refractivity contribution in [2.45, 2.75) is 78.7 Å². The van der Waals surface area contributed by atoms with E-state index >= 15 is 0 Å². The quantitative estimate of drug-likeness (QED) is 0.581. The lowest BCUT2D eigenvalue weighted by Gasteiger charge is -2.32. The maximum atomic E-state index is 4.14. The second-order valence-corrected chi connectivity index (χ2v) is 7.65. The van der Waals surface area contributed by atoms with Crippen LogP contribution in [0.4, 0.5) is 0 Å². The molecule has 1 fully saturated rings. The summed E-state index contributed by atoms with van der Waals surface area (Å²) in [6, 6.07) is 0.501. The Kier molecular flexibility index (Phi) is 9.07. The number of rotatable bonds is 10. The molecule has 0 radical (unpaired) electrons. The highest BCUT2D eigenvalue weighted by atomic mass is 15.1. The molecule has 124 valence electrons. The standard InChI is InChI=1S/C19H38N2/c1-16(2)9-7-6-8-10-19-11-13-21(14-12-19)15-18(5)20-17(3)4/h16-17,19-20H,5-15H2,1-4H3. The van der Waals surface area contributed by atoms with Gasteiger partial charge in [0.05, 0.1) is 0 Å². The maximum absolute atomic E-state index is 4.14. The van der Waals surface area contributed by atoms with Gasteiger partial charge in [-0.1, -0.05) is 52.5 Å². The molecule has 0 bridgehead atoms. The van der Waals surface area contributed by atoms with Crippen molar-refractivity contribution < 1.29 is 0 Å². The van der Waals surface area contributed by atoms with Crippen LogP contribution in [0.5, 0.6) is 0 Å². The molecule has 1 aliphatic heterocycles. The van der Waals surface area contributed by atoms with E-state index in [4.69, 9.17) is 0 Å². The first kappa shape index (κ1) is 18.5. The van der Waals surface area contributed by atoms with Gasteiger partial charge in [0.25, 0.3) is 0 Å². The molecule has 1 saturated heterocycles. The highest BCUT2D eigenvalue weighted by Crippen LogP contribution is 2.23. The molecule has 2 nitrogen and oxygen atoms in total. The Morgan fingerprint density at radius 1 is 1.10 bits per heavy atom. The van der Waals surface area contributed by atoms with Gasteiger partial charge in [-0.2, -0.15) is 0 Å². The Hall–Kier alpha value is -0.500. The minimum Gasteiger partial charge on any atom is -0.386 e. The van der Waals surface area contributed by atoms with E-state index in [-0.39, 0.29) is 0 Å². The zero-order chi connectivity index (χ0) is 15.7. The largest absolute Gasteiger partial charge is 0.386 e. The molecule has 0 saturated carbocycles. The summed E-state index contributed by atoms with van der Waals surface area (Å²) in [4.78, 5) is 2.56. The number of nitrogens with one attached hydrogen (secondary N) is 1. The first-order chi connectivity index (χ1) is 9.97. The summed E-state index contributed by atoms with van der Waals surface area (Å²) in [7, 11) is 0. The van der Waals surface area contributed by atoms with Crippen molar-refractivity contribution in [2.75, 3.05) is 19.6 Å². The van der Waals surface area contributed by atoms with Gasteiger partial charge in [-0.25, -0.2) is 0 Å². The average Bonchev–Trinajstić information content (AvgIpc) is 2.39. The molecule has 0 unspecified atom stereocenters. The topological polar surface area (TPSA) is 15.3 Å². The van der Waals surface area contributed by atoms with E-state index in [1.165, 1.54) is 63.7 Å². The van der Waals surface area contributed by atoms with Gasteiger partial charge in [-0.15, -0.1) is 0 Å². The minimum atomic E-state index is 0.501.